The van der Waals surface area contributed by atoms with E-state index in [4.69, 9.17) is 4.74 Å². The first-order chi connectivity index (χ1) is 7.56. The van der Waals surface area contributed by atoms with E-state index in [9.17, 15) is 4.79 Å². The zero-order chi connectivity index (χ0) is 12.1. The lowest BCUT2D eigenvalue weighted by atomic mass is 9.89. The Labute approximate surface area is 105 Å². The van der Waals surface area contributed by atoms with Crippen molar-refractivity contribution < 1.29 is 9.53 Å². The Hall–Kier alpha value is -0.830. The average Bonchev–Trinajstić information content (AvgIpc) is 2.28. The minimum atomic E-state index is -0.127. The summed E-state index contributed by atoms with van der Waals surface area (Å²) in [7, 11) is 0. The molecule has 1 aromatic rings. The van der Waals surface area contributed by atoms with Crippen LogP contribution < -0.4 is 0 Å². The van der Waals surface area contributed by atoms with E-state index in [2.05, 4.69) is 15.9 Å². The molecule has 0 aliphatic rings. The van der Waals surface area contributed by atoms with Crippen molar-refractivity contribution in [2.75, 3.05) is 6.61 Å². The van der Waals surface area contributed by atoms with E-state index in [1.807, 2.05) is 45.0 Å². The molecule has 88 valence electrons. The van der Waals surface area contributed by atoms with Gasteiger partial charge in [0.05, 0.1) is 12.5 Å². The molecule has 2 nitrogen and oxygen atoms in total. The molecule has 1 rings (SSSR count). The quantitative estimate of drug-likeness (QED) is 0.787. The summed E-state index contributed by atoms with van der Waals surface area (Å²) in [5, 5.41) is 0. The maximum absolute atomic E-state index is 11.6. The van der Waals surface area contributed by atoms with Crippen LogP contribution in [0.5, 0.6) is 0 Å². The number of carbonyl (C=O) groups is 1. The van der Waals surface area contributed by atoms with E-state index in [-0.39, 0.29) is 17.8 Å². The fourth-order valence-electron chi connectivity index (χ4n) is 1.53. The summed E-state index contributed by atoms with van der Waals surface area (Å²) in [6.07, 6.45) is 0. The number of ether oxygens (including phenoxy) is 1. The molecule has 0 fully saturated rings. The Kier molecular flexibility index (Phi) is 5.00. The van der Waals surface area contributed by atoms with E-state index in [1.54, 1.807) is 0 Å². The van der Waals surface area contributed by atoms with Crippen LogP contribution in [-0.2, 0) is 9.53 Å². The standard InChI is InChI=1S/C13H17BrO2/c1-4-16-13(15)10(3)9(2)11-5-7-12(14)8-6-11/h5-10H,4H2,1-3H3. The van der Waals surface area contributed by atoms with Crippen LogP contribution in [0, 0.1) is 5.92 Å². The second-order valence-corrected chi connectivity index (χ2v) is 4.80. The van der Waals surface area contributed by atoms with Crippen LogP contribution in [0.3, 0.4) is 0 Å². The third kappa shape index (κ3) is 3.34. The number of halogens is 1. The van der Waals surface area contributed by atoms with Crippen LogP contribution >= 0.6 is 15.9 Å². The van der Waals surface area contributed by atoms with Crippen LogP contribution in [0.15, 0.2) is 28.7 Å². The van der Waals surface area contributed by atoms with Crippen molar-refractivity contribution in [3.8, 4) is 0 Å². The van der Waals surface area contributed by atoms with Crippen molar-refractivity contribution in [2.45, 2.75) is 26.7 Å². The summed E-state index contributed by atoms with van der Waals surface area (Å²) in [4.78, 5) is 11.6. The van der Waals surface area contributed by atoms with Gasteiger partial charge in [-0.1, -0.05) is 41.9 Å². The third-order valence-corrected chi connectivity index (χ3v) is 3.33. The van der Waals surface area contributed by atoms with Gasteiger partial charge in [-0.15, -0.1) is 0 Å². The van der Waals surface area contributed by atoms with Crippen LogP contribution in [0.2, 0.25) is 0 Å². The zero-order valence-electron chi connectivity index (χ0n) is 9.87. The van der Waals surface area contributed by atoms with Gasteiger partial charge in [-0.25, -0.2) is 0 Å². The van der Waals surface area contributed by atoms with E-state index in [0.717, 1.165) is 10.0 Å². The van der Waals surface area contributed by atoms with E-state index >= 15 is 0 Å². The van der Waals surface area contributed by atoms with Crippen molar-refractivity contribution in [3.63, 3.8) is 0 Å². The number of esters is 1. The average molecular weight is 285 g/mol. The molecule has 0 saturated carbocycles. The molecule has 0 N–H and O–H groups in total. The van der Waals surface area contributed by atoms with Gasteiger partial charge in [0.2, 0.25) is 0 Å². The summed E-state index contributed by atoms with van der Waals surface area (Å²) < 4.78 is 6.07. The minimum Gasteiger partial charge on any atom is -0.466 e. The molecule has 0 saturated heterocycles. The van der Waals surface area contributed by atoms with E-state index in [1.165, 1.54) is 0 Å². The SMILES string of the molecule is CCOC(=O)C(C)C(C)c1ccc(Br)cc1. The highest BCUT2D eigenvalue weighted by molar-refractivity contribution is 9.10. The molecule has 1 aromatic carbocycles. The number of rotatable bonds is 4. The summed E-state index contributed by atoms with van der Waals surface area (Å²) in [6.45, 7) is 6.22. The molecule has 0 bridgehead atoms. The Balaban J connectivity index is 2.73. The smallest absolute Gasteiger partial charge is 0.309 e. The molecule has 2 atom stereocenters. The van der Waals surface area contributed by atoms with Gasteiger partial charge in [-0.05, 0) is 30.5 Å². The van der Waals surface area contributed by atoms with Crippen molar-refractivity contribution in [1.82, 2.24) is 0 Å². The zero-order valence-corrected chi connectivity index (χ0v) is 11.5. The lowest BCUT2D eigenvalue weighted by Crippen LogP contribution is -2.20. The first-order valence-electron chi connectivity index (χ1n) is 5.48. The fraction of sp³-hybridized carbons (Fsp3) is 0.462. The molecule has 0 heterocycles. The van der Waals surface area contributed by atoms with Gasteiger partial charge in [0.25, 0.3) is 0 Å². The minimum absolute atomic E-state index is 0.110. The van der Waals surface area contributed by atoms with Gasteiger partial charge >= 0.3 is 5.97 Å². The van der Waals surface area contributed by atoms with Gasteiger partial charge < -0.3 is 4.74 Å². The highest BCUT2D eigenvalue weighted by Gasteiger charge is 2.22. The molecule has 2 unspecified atom stereocenters. The molecule has 3 heteroatoms. The molecule has 0 aliphatic heterocycles. The molecule has 0 radical (unpaired) electrons. The van der Waals surface area contributed by atoms with Gasteiger partial charge in [-0.2, -0.15) is 0 Å². The van der Waals surface area contributed by atoms with Crippen molar-refractivity contribution >= 4 is 21.9 Å². The predicted molar refractivity (Wildman–Crippen MR) is 68.4 cm³/mol. The third-order valence-electron chi connectivity index (χ3n) is 2.80. The maximum Gasteiger partial charge on any atom is 0.309 e. The van der Waals surface area contributed by atoms with E-state index in [0.29, 0.717) is 6.61 Å². The van der Waals surface area contributed by atoms with Gasteiger partial charge in [0.15, 0.2) is 0 Å². The Morgan fingerprint density at radius 1 is 1.31 bits per heavy atom. The summed E-state index contributed by atoms with van der Waals surface area (Å²) in [6, 6.07) is 8.04. The number of hydrogen-bond donors (Lipinski definition) is 0. The monoisotopic (exact) mass is 284 g/mol. The summed E-state index contributed by atoms with van der Waals surface area (Å²) >= 11 is 3.39. The Morgan fingerprint density at radius 2 is 1.88 bits per heavy atom. The summed E-state index contributed by atoms with van der Waals surface area (Å²) in [5.74, 6) is -0.0637. The molecule has 0 spiro atoms. The lowest BCUT2D eigenvalue weighted by Gasteiger charge is -2.18. The van der Waals surface area contributed by atoms with Crippen LogP contribution in [-0.4, -0.2) is 12.6 Å². The van der Waals surface area contributed by atoms with Crippen LogP contribution in [0.4, 0.5) is 0 Å². The highest BCUT2D eigenvalue weighted by atomic mass is 79.9. The number of benzene rings is 1. The van der Waals surface area contributed by atoms with E-state index < -0.39 is 0 Å². The van der Waals surface area contributed by atoms with Gasteiger partial charge in [0.1, 0.15) is 0 Å². The van der Waals surface area contributed by atoms with Crippen molar-refractivity contribution in [1.29, 1.82) is 0 Å². The summed E-state index contributed by atoms with van der Waals surface area (Å²) in [5.41, 5.74) is 1.16. The lowest BCUT2D eigenvalue weighted by molar-refractivity contribution is -0.148. The molecule has 0 aromatic heterocycles. The maximum atomic E-state index is 11.6. The molecule has 0 amide bonds. The predicted octanol–water partition coefficient (Wildman–Crippen LogP) is 3.75. The van der Waals surface area contributed by atoms with Gasteiger partial charge in [0, 0.05) is 4.47 Å². The Morgan fingerprint density at radius 3 is 2.38 bits per heavy atom. The molecular weight excluding hydrogens is 268 g/mol. The molecule has 16 heavy (non-hydrogen) atoms. The number of hydrogen-bond acceptors (Lipinski definition) is 2. The second kappa shape index (κ2) is 6.04. The topological polar surface area (TPSA) is 26.3 Å². The van der Waals surface area contributed by atoms with Crippen LogP contribution in [0.25, 0.3) is 0 Å². The normalized spacial score (nSPS) is 14.2. The van der Waals surface area contributed by atoms with Gasteiger partial charge in [-0.3, -0.25) is 4.79 Å². The molecular formula is C13H17BrO2. The fourth-order valence-corrected chi connectivity index (χ4v) is 1.80. The number of carbonyl (C=O) groups excluding carboxylic acids is 1. The van der Waals surface area contributed by atoms with Crippen molar-refractivity contribution in [2.24, 2.45) is 5.92 Å². The first kappa shape index (κ1) is 13.2. The van der Waals surface area contributed by atoms with Crippen LogP contribution in [0.1, 0.15) is 32.3 Å². The first-order valence-corrected chi connectivity index (χ1v) is 6.27. The Bertz CT molecular complexity index is 345. The largest absolute Gasteiger partial charge is 0.466 e. The second-order valence-electron chi connectivity index (χ2n) is 3.88. The highest BCUT2D eigenvalue weighted by Crippen LogP contribution is 2.26. The molecule has 0 aliphatic carbocycles. The van der Waals surface area contributed by atoms with Crippen molar-refractivity contribution in [3.05, 3.63) is 34.3 Å².